The minimum atomic E-state index is 0.795. The van der Waals surface area contributed by atoms with Crippen LogP contribution in [0, 0.1) is 6.92 Å². The Morgan fingerprint density at radius 2 is 2.22 bits per heavy atom. The number of aryl methyl sites for hydroxylation is 1. The van der Waals surface area contributed by atoms with Gasteiger partial charge in [0.1, 0.15) is 12.2 Å². The fourth-order valence-corrected chi connectivity index (χ4v) is 0.528. The topological polar surface area (TPSA) is 34.0 Å². The second kappa shape index (κ2) is 2.05. The Morgan fingerprint density at radius 1 is 1.56 bits per heavy atom. The van der Waals surface area contributed by atoms with Crippen molar-refractivity contribution in [2.24, 2.45) is 0 Å². The lowest BCUT2D eigenvalue weighted by molar-refractivity contribution is 0.632. The van der Waals surface area contributed by atoms with Gasteiger partial charge in [0.25, 0.3) is 0 Å². The number of rotatable bonds is 1. The van der Waals surface area contributed by atoms with Gasteiger partial charge in [0.2, 0.25) is 0 Å². The van der Waals surface area contributed by atoms with Gasteiger partial charge in [-0.2, -0.15) is 4.79 Å². The molecule has 0 radical (unpaired) electrons. The molecule has 1 heterocycles. The highest BCUT2D eigenvalue weighted by atomic mass is 15.6. The molecule has 0 saturated heterocycles. The molecule has 0 aliphatic heterocycles. The molecule has 0 spiro atoms. The predicted octanol–water partition coefficient (Wildman–Crippen LogP) is -0.216. The van der Waals surface area contributed by atoms with Crippen molar-refractivity contribution in [1.29, 1.82) is 0 Å². The van der Waals surface area contributed by atoms with E-state index in [0.29, 0.717) is 0 Å². The Balaban J connectivity index is 2.85. The molecule has 0 amide bonds. The van der Waals surface area contributed by atoms with Crippen molar-refractivity contribution < 1.29 is 0 Å². The van der Waals surface area contributed by atoms with E-state index in [0.717, 1.165) is 5.82 Å². The van der Waals surface area contributed by atoms with Crippen LogP contribution in [0.2, 0.25) is 0 Å². The summed E-state index contributed by atoms with van der Waals surface area (Å²) in [5.41, 5.74) is 0. The third-order valence-corrected chi connectivity index (χ3v) is 1.00. The van der Waals surface area contributed by atoms with Gasteiger partial charge < -0.3 is 5.01 Å². The van der Waals surface area contributed by atoms with E-state index in [1.165, 1.54) is 0 Å². The van der Waals surface area contributed by atoms with Gasteiger partial charge in [-0.1, -0.05) is 0 Å². The third kappa shape index (κ3) is 1.19. The van der Waals surface area contributed by atoms with Crippen LogP contribution in [0.5, 0.6) is 0 Å². The smallest absolute Gasteiger partial charge is 0.149 e. The Morgan fingerprint density at radius 3 is 2.44 bits per heavy atom. The number of aromatic nitrogens is 3. The van der Waals surface area contributed by atoms with Crippen molar-refractivity contribution in [3.8, 4) is 0 Å². The molecule has 0 aliphatic carbocycles. The molecule has 0 aromatic carbocycles. The van der Waals surface area contributed by atoms with Crippen molar-refractivity contribution in [3.05, 3.63) is 12.2 Å². The first kappa shape index (κ1) is 6.07. The average molecular weight is 126 g/mol. The lowest BCUT2D eigenvalue weighted by Crippen LogP contribution is -2.25. The van der Waals surface area contributed by atoms with Crippen LogP contribution >= 0.6 is 0 Å². The molecule has 0 fully saturated rings. The van der Waals surface area contributed by atoms with Crippen LogP contribution < -0.4 is 5.01 Å². The highest BCUT2D eigenvalue weighted by Gasteiger charge is 1.93. The van der Waals surface area contributed by atoms with Crippen molar-refractivity contribution in [2.75, 3.05) is 19.1 Å². The van der Waals surface area contributed by atoms with E-state index in [2.05, 4.69) is 10.1 Å². The van der Waals surface area contributed by atoms with E-state index in [4.69, 9.17) is 0 Å². The lowest BCUT2D eigenvalue weighted by Gasteiger charge is -2.09. The summed E-state index contributed by atoms with van der Waals surface area (Å²) in [6.45, 7) is 1.86. The molecule has 0 aliphatic rings. The monoisotopic (exact) mass is 126 g/mol. The molecule has 1 aromatic rings. The highest BCUT2D eigenvalue weighted by molar-refractivity contribution is 4.79. The zero-order valence-corrected chi connectivity index (χ0v) is 5.87. The predicted molar refractivity (Wildman–Crippen MR) is 34.8 cm³/mol. The number of hydrogen-bond acceptors (Lipinski definition) is 3. The molecule has 50 valence electrons. The Bertz CT molecular complexity index is 191. The average Bonchev–Trinajstić information content (AvgIpc) is 2.14. The fraction of sp³-hybridized carbons (Fsp3) is 0.600. The Kier molecular flexibility index (Phi) is 1.38. The van der Waals surface area contributed by atoms with Gasteiger partial charge in [-0.05, 0) is 6.92 Å². The summed E-state index contributed by atoms with van der Waals surface area (Å²) in [6.07, 6.45) is 1.68. The second-order valence-corrected chi connectivity index (χ2v) is 2.06. The van der Waals surface area contributed by atoms with Gasteiger partial charge in [0.15, 0.2) is 0 Å². The van der Waals surface area contributed by atoms with Crippen molar-refractivity contribution in [3.63, 3.8) is 0 Å². The van der Waals surface area contributed by atoms with Gasteiger partial charge in [-0.25, -0.2) is 4.98 Å². The van der Waals surface area contributed by atoms with Crippen LogP contribution in [0.3, 0.4) is 0 Å². The first-order valence-electron chi connectivity index (χ1n) is 2.76. The normalized spacial score (nSPS) is 9.67. The maximum absolute atomic E-state index is 4.04. The van der Waals surface area contributed by atoms with Gasteiger partial charge in [-0.15, -0.1) is 5.10 Å². The van der Waals surface area contributed by atoms with Crippen molar-refractivity contribution in [1.82, 2.24) is 14.9 Å². The van der Waals surface area contributed by atoms with Gasteiger partial charge in [0.05, 0.1) is 0 Å². The minimum Gasteiger partial charge on any atom is -0.302 e. The molecule has 9 heavy (non-hydrogen) atoms. The third-order valence-electron chi connectivity index (χ3n) is 1.00. The number of hydrogen-bond donors (Lipinski definition) is 0. The van der Waals surface area contributed by atoms with Crippen LogP contribution in [0.1, 0.15) is 5.82 Å². The van der Waals surface area contributed by atoms with Crippen LogP contribution in [0.25, 0.3) is 0 Å². The van der Waals surface area contributed by atoms with Crippen LogP contribution in [-0.4, -0.2) is 29.0 Å². The summed E-state index contributed by atoms with van der Waals surface area (Å²) < 4.78 is 0. The summed E-state index contributed by atoms with van der Waals surface area (Å²) in [6, 6.07) is 0. The first-order chi connectivity index (χ1) is 4.20. The second-order valence-electron chi connectivity index (χ2n) is 2.06. The van der Waals surface area contributed by atoms with E-state index < -0.39 is 0 Å². The first-order valence-corrected chi connectivity index (χ1v) is 2.76. The minimum absolute atomic E-state index is 0.795. The molecule has 4 heteroatoms. The van der Waals surface area contributed by atoms with Crippen molar-refractivity contribution >= 4 is 0 Å². The highest BCUT2D eigenvalue weighted by Crippen LogP contribution is 1.83. The van der Waals surface area contributed by atoms with Gasteiger partial charge in [-0.3, -0.25) is 0 Å². The van der Waals surface area contributed by atoms with Crippen molar-refractivity contribution in [2.45, 2.75) is 6.92 Å². The van der Waals surface area contributed by atoms with E-state index >= 15 is 0 Å². The molecule has 0 saturated carbocycles. The van der Waals surface area contributed by atoms with Crippen LogP contribution in [0.4, 0.5) is 0 Å². The summed E-state index contributed by atoms with van der Waals surface area (Å²) in [5.74, 6) is 0.795. The zero-order valence-electron chi connectivity index (χ0n) is 5.87. The molecule has 0 atom stereocenters. The van der Waals surface area contributed by atoms with Gasteiger partial charge in [0, 0.05) is 14.1 Å². The van der Waals surface area contributed by atoms with E-state index in [1.807, 2.05) is 26.0 Å². The molecule has 1 aromatic heterocycles. The SMILES string of the molecule is Cc1ncn(N(C)C)n1. The molecular formula is C5H10N4. The standard InChI is InChI=1S/C5H10N4/c1-5-6-4-9(7-5)8(2)3/h4H,1-3H3. The molecule has 4 nitrogen and oxygen atoms in total. The Hall–Kier alpha value is -1.06. The molecular weight excluding hydrogens is 116 g/mol. The maximum Gasteiger partial charge on any atom is 0.149 e. The van der Waals surface area contributed by atoms with Gasteiger partial charge >= 0.3 is 0 Å². The Labute approximate surface area is 54.1 Å². The summed E-state index contributed by atoms with van der Waals surface area (Å²) in [7, 11) is 3.82. The number of nitrogens with zero attached hydrogens (tertiary/aromatic N) is 4. The zero-order chi connectivity index (χ0) is 6.85. The fourth-order valence-electron chi connectivity index (χ4n) is 0.528. The molecule has 1 rings (SSSR count). The van der Waals surface area contributed by atoms with E-state index in [9.17, 15) is 0 Å². The largest absolute Gasteiger partial charge is 0.302 e. The summed E-state index contributed by atoms with van der Waals surface area (Å²) >= 11 is 0. The van der Waals surface area contributed by atoms with Crippen LogP contribution in [0.15, 0.2) is 6.33 Å². The summed E-state index contributed by atoms with van der Waals surface area (Å²) in [4.78, 5) is 5.62. The maximum atomic E-state index is 4.04. The summed E-state index contributed by atoms with van der Waals surface area (Å²) in [5, 5.41) is 5.89. The lowest BCUT2D eigenvalue weighted by atomic mass is 10.8. The van der Waals surface area contributed by atoms with Crippen LogP contribution in [-0.2, 0) is 0 Å². The molecule has 0 unspecified atom stereocenters. The quantitative estimate of drug-likeness (QED) is 0.522. The molecule has 0 bridgehead atoms. The molecule has 0 N–H and O–H groups in total. The van der Waals surface area contributed by atoms with E-state index in [1.54, 1.807) is 11.1 Å². The van der Waals surface area contributed by atoms with E-state index in [-0.39, 0.29) is 0 Å².